The van der Waals surface area contributed by atoms with Crippen LogP contribution < -0.4 is 4.72 Å². The molecule has 0 spiro atoms. The van der Waals surface area contributed by atoms with Crippen molar-refractivity contribution in [2.24, 2.45) is 0 Å². The smallest absolute Gasteiger partial charge is 0.231 e. The number of nitrogens with one attached hydrogen (secondary N) is 1. The zero-order valence-corrected chi connectivity index (χ0v) is 12.1. The molecule has 1 aromatic heterocycles. The van der Waals surface area contributed by atoms with Gasteiger partial charge in [-0.25, -0.2) is 18.4 Å². The summed E-state index contributed by atoms with van der Waals surface area (Å²) in [6.07, 6.45) is 1.10. The maximum absolute atomic E-state index is 11.5. The lowest BCUT2D eigenvalue weighted by Crippen LogP contribution is -2.12. The van der Waals surface area contributed by atoms with Crippen LogP contribution >= 0.6 is 0 Å². The number of fused-ring (bicyclic) bond motifs is 1. The minimum Gasteiger partial charge on any atom is -0.266 e. The summed E-state index contributed by atoms with van der Waals surface area (Å²) in [6, 6.07) is 16.7. The third-order valence-electron chi connectivity index (χ3n) is 2.90. The Morgan fingerprint density at radius 2 is 1.43 bits per heavy atom. The van der Waals surface area contributed by atoms with Gasteiger partial charge in [-0.2, -0.15) is 0 Å². The number of nitrogens with zero attached hydrogens (tertiary/aromatic N) is 2. The summed E-state index contributed by atoms with van der Waals surface area (Å²) in [4.78, 5) is 8.92. The first-order chi connectivity index (χ1) is 10.0. The Morgan fingerprint density at radius 1 is 0.857 bits per heavy atom. The SMILES string of the molecule is CS(=O)(=O)Nc1nc2ccccc2nc1-c1ccccc1. The summed E-state index contributed by atoms with van der Waals surface area (Å²) in [7, 11) is -3.43. The molecule has 0 saturated heterocycles. The van der Waals surface area contributed by atoms with E-state index in [1.54, 1.807) is 6.07 Å². The van der Waals surface area contributed by atoms with Gasteiger partial charge in [-0.1, -0.05) is 42.5 Å². The fourth-order valence-electron chi connectivity index (χ4n) is 2.04. The molecular formula is C15H13N3O2S. The fraction of sp³-hybridized carbons (Fsp3) is 0.0667. The van der Waals surface area contributed by atoms with E-state index >= 15 is 0 Å². The van der Waals surface area contributed by atoms with Gasteiger partial charge in [0.1, 0.15) is 5.69 Å². The van der Waals surface area contributed by atoms with E-state index < -0.39 is 10.0 Å². The molecule has 0 bridgehead atoms. The second-order valence-corrected chi connectivity index (χ2v) is 6.40. The van der Waals surface area contributed by atoms with Crippen LogP contribution in [0.3, 0.4) is 0 Å². The molecule has 106 valence electrons. The van der Waals surface area contributed by atoms with Gasteiger partial charge in [-0.15, -0.1) is 0 Å². The minimum absolute atomic E-state index is 0.238. The highest BCUT2D eigenvalue weighted by Crippen LogP contribution is 2.27. The first-order valence-corrected chi connectivity index (χ1v) is 8.22. The Hall–Kier alpha value is -2.47. The maximum atomic E-state index is 11.5. The van der Waals surface area contributed by atoms with E-state index in [4.69, 9.17) is 0 Å². The van der Waals surface area contributed by atoms with Crippen molar-refractivity contribution in [3.63, 3.8) is 0 Å². The van der Waals surface area contributed by atoms with E-state index in [9.17, 15) is 8.42 Å². The van der Waals surface area contributed by atoms with Crippen LogP contribution in [0.4, 0.5) is 5.82 Å². The van der Waals surface area contributed by atoms with Gasteiger partial charge < -0.3 is 0 Å². The molecular weight excluding hydrogens is 286 g/mol. The number of sulfonamides is 1. The molecule has 0 fully saturated rings. The van der Waals surface area contributed by atoms with Crippen molar-refractivity contribution < 1.29 is 8.42 Å². The number of hydrogen-bond acceptors (Lipinski definition) is 4. The molecule has 3 aromatic rings. The molecule has 3 rings (SSSR count). The fourth-order valence-corrected chi connectivity index (χ4v) is 2.54. The van der Waals surface area contributed by atoms with Gasteiger partial charge in [-0.05, 0) is 12.1 Å². The molecule has 1 N–H and O–H groups in total. The van der Waals surface area contributed by atoms with Crippen LogP contribution in [-0.2, 0) is 10.0 Å². The monoisotopic (exact) mass is 299 g/mol. The first-order valence-electron chi connectivity index (χ1n) is 6.33. The van der Waals surface area contributed by atoms with Crippen molar-refractivity contribution in [3.05, 3.63) is 54.6 Å². The minimum atomic E-state index is -3.43. The van der Waals surface area contributed by atoms with Crippen LogP contribution in [0.2, 0.25) is 0 Å². The Labute approximate surface area is 122 Å². The maximum Gasteiger partial charge on any atom is 0.231 e. The molecule has 2 aromatic carbocycles. The van der Waals surface area contributed by atoms with E-state index in [0.717, 1.165) is 17.3 Å². The summed E-state index contributed by atoms with van der Waals surface area (Å²) in [5.41, 5.74) is 2.68. The van der Waals surface area contributed by atoms with Gasteiger partial charge in [-0.3, -0.25) is 4.72 Å². The van der Waals surface area contributed by atoms with E-state index in [1.165, 1.54) is 0 Å². The standard InChI is InChI=1S/C15H13N3O2S/c1-21(19,20)18-15-14(11-7-3-2-4-8-11)16-12-9-5-6-10-13(12)17-15/h2-10H,1H3,(H,17,18). The first kappa shape index (κ1) is 13.5. The second-order valence-electron chi connectivity index (χ2n) is 4.65. The summed E-state index contributed by atoms with van der Waals surface area (Å²) in [5, 5.41) is 0. The van der Waals surface area contributed by atoms with E-state index in [1.807, 2.05) is 48.5 Å². The Kier molecular flexibility index (Phi) is 3.31. The Bertz CT molecular complexity index is 893. The molecule has 0 aliphatic heterocycles. The molecule has 0 amide bonds. The summed E-state index contributed by atoms with van der Waals surface area (Å²) >= 11 is 0. The predicted molar refractivity (Wildman–Crippen MR) is 83.4 cm³/mol. The van der Waals surface area contributed by atoms with Crippen molar-refractivity contribution in [2.75, 3.05) is 11.0 Å². The molecule has 6 heteroatoms. The summed E-state index contributed by atoms with van der Waals surface area (Å²) < 4.78 is 25.5. The van der Waals surface area contributed by atoms with Crippen molar-refractivity contribution in [1.29, 1.82) is 0 Å². The zero-order chi connectivity index (χ0) is 14.9. The number of anilines is 1. The lowest BCUT2D eigenvalue weighted by atomic mass is 10.1. The van der Waals surface area contributed by atoms with Crippen molar-refractivity contribution in [2.45, 2.75) is 0 Å². The largest absolute Gasteiger partial charge is 0.266 e. The highest BCUT2D eigenvalue weighted by Gasteiger charge is 2.14. The molecule has 5 nitrogen and oxygen atoms in total. The van der Waals surface area contributed by atoms with Crippen LogP contribution in [0.15, 0.2) is 54.6 Å². The average molecular weight is 299 g/mol. The quantitative estimate of drug-likeness (QED) is 0.807. The third kappa shape index (κ3) is 3.00. The average Bonchev–Trinajstić information content (AvgIpc) is 2.46. The van der Waals surface area contributed by atoms with E-state index in [0.29, 0.717) is 11.2 Å². The van der Waals surface area contributed by atoms with Gasteiger partial charge in [0.05, 0.1) is 17.3 Å². The molecule has 0 unspecified atom stereocenters. The summed E-state index contributed by atoms with van der Waals surface area (Å²) in [5.74, 6) is 0.238. The lowest BCUT2D eigenvalue weighted by molar-refractivity contribution is 0.606. The molecule has 0 aliphatic carbocycles. The van der Waals surface area contributed by atoms with Gasteiger partial charge in [0.15, 0.2) is 5.82 Å². The number of aromatic nitrogens is 2. The van der Waals surface area contributed by atoms with Gasteiger partial charge in [0.25, 0.3) is 0 Å². The van der Waals surface area contributed by atoms with Gasteiger partial charge in [0.2, 0.25) is 10.0 Å². The van der Waals surface area contributed by atoms with Crippen LogP contribution in [0.1, 0.15) is 0 Å². The zero-order valence-electron chi connectivity index (χ0n) is 11.3. The number of benzene rings is 2. The number of hydrogen-bond donors (Lipinski definition) is 1. The molecule has 0 atom stereocenters. The third-order valence-corrected chi connectivity index (χ3v) is 3.46. The van der Waals surface area contributed by atoms with Gasteiger partial charge >= 0.3 is 0 Å². The van der Waals surface area contributed by atoms with Crippen molar-refractivity contribution >= 4 is 26.9 Å². The van der Waals surface area contributed by atoms with E-state index in [-0.39, 0.29) is 5.82 Å². The van der Waals surface area contributed by atoms with Crippen LogP contribution in [0, 0.1) is 0 Å². The highest BCUT2D eigenvalue weighted by molar-refractivity contribution is 7.92. The van der Waals surface area contributed by atoms with E-state index in [2.05, 4.69) is 14.7 Å². The van der Waals surface area contributed by atoms with Crippen molar-refractivity contribution in [1.82, 2.24) is 9.97 Å². The number of rotatable bonds is 3. The molecule has 21 heavy (non-hydrogen) atoms. The summed E-state index contributed by atoms with van der Waals surface area (Å²) in [6.45, 7) is 0. The normalized spacial score (nSPS) is 11.5. The lowest BCUT2D eigenvalue weighted by Gasteiger charge is -2.10. The van der Waals surface area contributed by atoms with Crippen LogP contribution in [0.25, 0.3) is 22.3 Å². The topological polar surface area (TPSA) is 72.0 Å². The number of para-hydroxylation sites is 2. The van der Waals surface area contributed by atoms with Crippen molar-refractivity contribution in [3.8, 4) is 11.3 Å². The second kappa shape index (κ2) is 5.14. The van der Waals surface area contributed by atoms with Crippen LogP contribution in [-0.4, -0.2) is 24.6 Å². The predicted octanol–water partition coefficient (Wildman–Crippen LogP) is 2.67. The highest BCUT2D eigenvalue weighted by atomic mass is 32.2. The molecule has 0 aliphatic rings. The molecule has 0 saturated carbocycles. The molecule has 0 radical (unpaired) electrons. The van der Waals surface area contributed by atoms with Gasteiger partial charge in [0, 0.05) is 5.56 Å². The molecule has 1 heterocycles. The Morgan fingerprint density at radius 3 is 2.05 bits per heavy atom. The van der Waals surface area contributed by atoms with Crippen LogP contribution in [0.5, 0.6) is 0 Å². The Balaban J connectivity index is 2.26.